The average Bonchev–Trinajstić information content (AvgIpc) is 2.39. The van der Waals surface area contributed by atoms with E-state index >= 15 is 0 Å². The monoisotopic (exact) mass is 178 g/mol. The summed E-state index contributed by atoms with van der Waals surface area (Å²) in [6.07, 6.45) is 0. The Morgan fingerprint density at radius 3 is 2.83 bits per heavy atom. The lowest BCUT2D eigenvalue weighted by molar-refractivity contribution is 1.34. The van der Waals surface area contributed by atoms with Gasteiger partial charge in [-0.25, -0.2) is 4.98 Å². The number of aryl methyl sites for hydroxylation is 2. The normalized spacial score (nSPS) is 10.8. The molecule has 0 radical (unpaired) electrons. The maximum Gasteiger partial charge on any atom is 0.181 e. The second-order valence-corrected chi connectivity index (χ2v) is 3.97. The van der Waals surface area contributed by atoms with Gasteiger partial charge >= 0.3 is 0 Å². The van der Waals surface area contributed by atoms with E-state index in [1.165, 1.54) is 15.8 Å². The average molecular weight is 178 g/mol. The van der Waals surface area contributed by atoms with Crippen molar-refractivity contribution in [2.24, 2.45) is 0 Å². The van der Waals surface area contributed by atoms with Crippen LogP contribution in [-0.2, 0) is 0 Å². The van der Waals surface area contributed by atoms with Gasteiger partial charge in [0.25, 0.3) is 0 Å². The highest BCUT2D eigenvalue weighted by molar-refractivity contribution is 7.22. The Morgan fingerprint density at radius 2 is 2.08 bits per heavy atom. The lowest BCUT2D eigenvalue weighted by Crippen LogP contribution is -1.83. The Morgan fingerprint density at radius 1 is 1.33 bits per heavy atom. The van der Waals surface area contributed by atoms with Crippen molar-refractivity contribution in [3.8, 4) is 0 Å². The highest BCUT2D eigenvalue weighted by Crippen LogP contribution is 2.27. The van der Waals surface area contributed by atoms with Crippen LogP contribution >= 0.6 is 11.3 Å². The number of thiazole rings is 1. The van der Waals surface area contributed by atoms with Gasteiger partial charge in [-0.1, -0.05) is 17.4 Å². The number of hydrogen-bond acceptors (Lipinski definition) is 3. The summed E-state index contributed by atoms with van der Waals surface area (Å²) in [7, 11) is 0. The van der Waals surface area contributed by atoms with Crippen molar-refractivity contribution in [2.75, 3.05) is 5.73 Å². The summed E-state index contributed by atoms with van der Waals surface area (Å²) in [4.78, 5) is 4.27. The minimum Gasteiger partial charge on any atom is -0.375 e. The molecule has 0 saturated heterocycles. The van der Waals surface area contributed by atoms with Gasteiger partial charge in [-0.05, 0) is 31.0 Å². The number of benzene rings is 1. The number of fused-ring (bicyclic) bond motifs is 1. The molecule has 2 aromatic rings. The maximum absolute atomic E-state index is 5.62. The van der Waals surface area contributed by atoms with Crippen molar-refractivity contribution >= 4 is 26.7 Å². The van der Waals surface area contributed by atoms with Crippen molar-refractivity contribution in [1.29, 1.82) is 0 Å². The second-order valence-electron chi connectivity index (χ2n) is 2.91. The van der Waals surface area contributed by atoms with E-state index in [1.807, 2.05) is 0 Å². The summed E-state index contributed by atoms with van der Waals surface area (Å²) in [5.41, 5.74) is 9.18. The van der Waals surface area contributed by atoms with Gasteiger partial charge in [0.2, 0.25) is 0 Å². The maximum atomic E-state index is 5.62. The zero-order chi connectivity index (χ0) is 8.72. The molecular formula is C9H10N2S. The molecule has 0 unspecified atom stereocenters. The molecule has 2 nitrogen and oxygen atoms in total. The van der Waals surface area contributed by atoms with E-state index in [-0.39, 0.29) is 0 Å². The van der Waals surface area contributed by atoms with Crippen molar-refractivity contribution < 1.29 is 0 Å². The van der Waals surface area contributed by atoms with Crippen molar-refractivity contribution in [3.63, 3.8) is 0 Å². The number of nitrogens with zero attached hydrogens (tertiary/aromatic N) is 1. The van der Waals surface area contributed by atoms with Crippen LogP contribution < -0.4 is 5.73 Å². The molecule has 1 aromatic carbocycles. The highest BCUT2D eigenvalue weighted by Gasteiger charge is 2.04. The van der Waals surface area contributed by atoms with Crippen molar-refractivity contribution in [2.45, 2.75) is 13.8 Å². The molecule has 0 bridgehead atoms. The predicted octanol–water partition coefficient (Wildman–Crippen LogP) is 2.50. The molecule has 3 heteroatoms. The molecule has 62 valence electrons. The number of aromatic nitrogens is 1. The topological polar surface area (TPSA) is 38.9 Å². The van der Waals surface area contributed by atoms with Gasteiger partial charge in [0.05, 0.1) is 10.2 Å². The SMILES string of the molecule is Cc1ccc2sc(N)nc2c1C. The van der Waals surface area contributed by atoms with Crippen LogP contribution in [0.2, 0.25) is 0 Å². The van der Waals surface area contributed by atoms with Gasteiger partial charge < -0.3 is 5.73 Å². The van der Waals surface area contributed by atoms with Crippen LogP contribution in [0, 0.1) is 13.8 Å². The minimum atomic E-state index is 0.652. The van der Waals surface area contributed by atoms with Crippen LogP contribution in [0.5, 0.6) is 0 Å². The Bertz CT molecular complexity index is 431. The fourth-order valence-corrected chi connectivity index (χ4v) is 2.04. The molecule has 1 aromatic heterocycles. The summed E-state index contributed by atoms with van der Waals surface area (Å²) < 4.78 is 1.18. The van der Waals surface area contributed by atoms with E-state index in [0.29, 0.717) is 5.13 Å². The number of nitrogens with two attached hydrogens (primary N) is 1. The summed E-state index contributed by atoms with van der Waals surface area (Å²) in [6.45, 7) is 4.17. The van der Waals surface area contributed by atoms with E-state index < -0.39 is 0 Å². The molecule has 0 aliphatic heterocycles. The third kappa shape index (κ3) is 0.975. The zero-order valence-corrected chi connectivity index (χ0v) is 7.90. The molecule has 0 aliphatic carbocycles. The third-order valence-corrected chi connectivity index (χ3v) is 2.95. The third-order valence-electron chi connectivity index (χ3n) is 2.10. The van der Waals surface area contributed by atoms with Gasteiger partial charge in [0.15, 0.2) is 5.13 Å². The fourth-order valence-electron chi connectivity index (χ4n) is 1.24. The first-order chi connectivity index (χ1) is 5.68. The van der Waals surface area contributed by atoms with Crippen LogP contribution in [0.4, 0.5) is 5.13 Å². The number of hydrogen-bond donors (Lipinski definition) is 1. The summed E-state index contributed by atoms with van der Waals surface area (Å²) in [6, 6.07) is 4.18. The van der Waals surface area contributed by atoms with Gasteiger partial charge in [0.1, 0.15) is 0 Å². The van der Waals surface area contributed by atoms with Gasteiger partial charge in [-0.2, -0.15) is 0 Å². The Hall–Kier alpha value is -1.09. The van der Waals surface area contributed by atoms with E-state index in [9.17, 15) is 0 Å². The summed E-state index contributed by atoms with van der Waals surface area (Å²) in [5.74, 6) is 0. The first kappa shape index (κ1) is 7.55. The van der Waals surface area contributed by atoms with Gasteiger partial charge in [0, 0.05) is 0 Å². The Balaban J connectivity index is 2.89. The van der Waals surface area contributed by atoms with Crippen molar-refractivity contribution in [3.05, 3.63) is 23.3 Å². The lowest BCUT2D eigenvalue weighted by Gasteiger charge is -1.97. The van der Waals surface area contributed by atoms with Gasteiger partial charge in [-0.3, -0.25) is 0 Å². The standard InChI is InChI=1S/C9H10N2S/c1-5-3-4-7-8(6(5)2)11-9(10)12-7/h3-4H,1-2H3,(H2,10,11). The van der Waals surface area contributed by atoms with E-state index in [2.05, 4.69) is 31.0 Å². The summed E-state index contributed by atoms with van der Waals surface area (Å²) in [5, 5.41) is 0.652. The van der Waals surface area contributed by atoms with E-state index in [4.69, 9.17) is 5.73 Å². The number of anilines is 1. The second kappa shape index (κ2) is 2.45. The van der Waals surface area contributed by atoms with Crippen LogP contribution in [0.25, 0.3) is 10.2 Å². The number of nitrogen functional groups attached to an aromatic ring is 1. The Labute approximate surface area is 75.0 Å². The molecule has 1 heterocycles. The van der Waals surface area contributed by atoms with Crippen LogP contribution in [0.15, 0.2) is 12.1 Å². The van der Waals surface area contributed by atoms with Crippen molar-refractivity contribution in [1.82, 2.24) is 4.98 Å². The molecule has 0 saturated carbocycles. The van der Waals surface area contributed by atoms with E-state index in [0.717, 1.165) is 5.52 Å². The number of rotatable bonds is 0. The van der Waals surface area contributed by atoms with Gasteiger partial charge in [-0.15, -0.1) is 0 Å². The predicted molar refractivity (Wildman–Crippen MR) is 53.5 cm³/mol. The Kier molecular flexibility index (Phi) is 1.54. The minimum absolute atomic E-state index is 0.652. The molecule has 2 N–H and O–H groups in total. The van der Waals surface area contributed by atoms with Crippen LogP contribution in [0.3, 0.4) is 0 Å². The van der Waals surface area contributed by atoms with Crippen LogP contribution in [0.1, 0.15) is 11.1 Å². The first-order valence-electron chi connectivity index (χ1n) is 3.80. The molecule has 0 atom stereocenters. The summed E-state index contributed by atoms with van der Waals surface area (Å²) >= 11 is 1.54. The molecule has 2 rings (SSSR count). The molecule has 0 amide bonds. The fraction of sp³-hybridized carbons (Fsp3) is 0.222. The van der Waals surface area contributed by atoms with E-state index in [1.54, 1.807) is 11.3 Å². The zero-order valence-electron chi connectivity index (χ0n) is 7.09. The molecule has 0 aliphatic rings. The molecule has 12 heavy (non-hydrogen) atoms. The smallest absolute Gasteiger partial charge is 0.181 e. The lowest BCUT2D eigenvalue weighted by atomic mass is 10.1. The first-order valence-corrected chi connectivity index (χ1v) is 4.62. The molecule has 0 fully saturated rings. The quantitative estimate of drug-likeness (QED) is 0.673. The highest BCUT2D eigenvalue weighted by atomic mass is 32.1. The molecular weight excluding hydrogens is 168 g/mol. The van der Waals surface area contributed by atoms with Crippen LogP contribution in [-0.4, -0.2) is 4.98 Å². The molecule has 0 spiro atoms. The largest absolute Gasteiger partial charge is 0.375 e.